The number of rotatable bonds is 1. The molecule has 0 aliphatic heterocycles. The molecule has 2 heteroatoms. The van der Waals surface area contributed by atoms with Crippen LogP contribution in [0, 0.1) is 45.3 Å². The van der Waals surface area contributed by atoms with Crippen molar-refractivity contribution in [3.63, 3.8) is 0 Å². The van der Waals surface area contributed by atoms with Gasteiger partial charge in [0.2, 0.25) is 0 Å². The summed E-state index contributed by atoms with van der Waals surface area (Å²) in [6.45, 7) is 16.5. The molecule has 0 aromatic rings. The molecule has 0 N–H and O–H groups in total. The summed E-state index contributed by atoms with van der Waals surface area (Å²) in [6, 6.07) is 0. The van der Waals surface area contributed by atoms with Gasteiger partial charge in [0.15, 0.2) is 5.78 Å². The molecule has 0 heterocycles. The summed E-state index contributed by atoms with van der Waals surface area (Å²) >= 11 is 0. The lowest BCUT2D eigenvalue weighted by Gasteiger charge is -2.68. The first-order chi connectivity index (χ1) is 14.4. The van der Waals surface area contributed by atoms with E-state index in [1.807, 2.05) is 0 Å². The Morgan fingerprint density at radius 1 is 0.935 bits per heavy atom. The molecule has 2 saturated carbocycles. The maximum Gasteiger partial charge on any atom is 0.160 e. The van der Waals surface area contributed by atoms with Crippen LogP contribution >= 0.6 is 0 Å². The summed E-state index contributed by atoms with van der Waals surface area (Å²) < 4.78 is 0. The fraction of sp³-hybridized carbons (Fsp3) is 0.793. The molecule has 0 spiro atoms. The number of hydrogen-bond acceptors (Lipinski definition) is 2. The molecule has 0 aromatic carbocycles. The van der Waals surface area contributed by atoms with Crippen LogP contribution in [0.5, 0.6) is 0 Å². The van der Waals surface area contributed by atoms with Crippen molar-refractivity contribution in [2.75, 3.05) is 0 Å². The van der Waals surface area contributed by atoms with Crippen molar-refractivity contribution in [1.82, 2.24) is 0 Å². The first-order valence-electron chi connectivity index (χ1n) is 12.9. The second-order valence-electron chi connectivity index (χ2n) is 13.3. The molecule has 0 aromatic heterocycles. The van der Waals surface area contributed by atoms with Crippen molar-refractivity contribution in [2.24, 2.45) is 45.3 Å². The number of hydrogen-bond donors (Lipinski definition) is 0. The Morgan fingerprint density at radius 2 is 1.65 bits per heavy atom. The molecule has 0 bridgehead atoms. The molecule has 2 nitrogen and oxygen atoms in total. The largest absolute Gasteiger partial charge is 0.299 e. The predicted octanol–water partition coefficient (Wildman–Crippen LogP) is 7.09. The molecule has 170 valence electrons. The summed E-state index contributed by atoms with van der Waals surface area (Å²) in [7, 11) is 0. The van der Waals surface area contributed by atoms with E-state index in [4.69, 9.17) is 0 Å². The van der Waals surface area contributed by atoms with Crippen LogP contribution < -0.4 is 0 Å². The smallest absolute Gasteiger partial charge is 0.160 e. The second-order valence-corrected chi connectivity index (χ2v) is 13.3. The minimum atomic E-state index is -0.217. The lowest BCUT2D eigenvalue weighted by molar-refractivity contribution is -0.176. The third-order valence-corrected chi connectivity index (χ3v) is 11.6. The highest BCUT2D eigenvalue weighted by Crippen LogP contribution is 2.73. The molecular formula is C29H42O2. The van der Waals surface area contributed by atoms with Gasteiger partial charge in [0, 0.05) is 23.7 Å². The zero-order chi connectivity index (χ0) is 22.6. The standard InChI is InChI=1S/C29H42O2/c1-17(2)18-8-9-19-21(30)16-29(7)20(25(18)19)10-11-23-27(5)14-13-24(31)26(3,4)22(27)12-15-28(23,29)6/h10,17-18,22-23H,8-9,11-16H2,1-7H3/t18-,22-,23+,27-,28+,29+/m0/s1. The highest BCUT2D eigenvalue weighted by atomic mass is 16.1. The summed E-state index contributed by atoms with van der Waals surface area (Å²) in [6.07, 6.45) is 10.5. The molecular weight excluding hydrogens is 380 g/mol. The van der Waals surface area contributed by atoms with Crippen molar-refractivity contribution in [3.05, 3.63) is 22.8 Å². The van der Waals surface area contributed by atoms with Crippen molar-refractivity contribution in [2.45, 2.75) is 99.8 Å². The van der Waals surface area contributed by atoms with Gasteiger partial charge in [-0.2, -0.15) is 0 Å². The van der Waals surface area contributed by atoms with E-state index in [2.05, 4.69) is 54.5 Å². The molecule has 0 saturated heterocycles. The topological polar surface area (TPSA) is 34.1 Å². The van der Waals surface area contributed by atoms with Gasteiger partial charge >= 0.3 is 0 Å². The second kappa shape index (κ2) is 6.45. The number of ketones is 2. The highest BCUT2D eigenvalue weighted by molar-refractivity contribution is 6.00. The van der Waals surface area contributed by atoms with Gasteiger partial charge in [0.25, 0.3) is 0 Å². The monoisotopic (exact) mass is 422 g/mol. The zero-order valence-corrected chi connectivity index (χ0v) is 20.9. The van der Waals surface area contributed by atoms with Crippen LogP contribution in [0.25, 0.3) is 0 Å². The van der Waals surface area contributed by atoms with Crippen LogP contribution in [-0.2, 0) is 9.59 Å². The third kappa shape index (κ3) is 2.51. The lowest BCUT2D eigenvalue weighted by atomic mass is 9.35. The Bertz CT molecular complexity index is 917. The molecule has 2 fully saturated rings. The van der Waals surface area contributed by atoms with Crippen LogP contribution in [0.2, 0.25) is 0 Å². The first-order valence-corrected chi connectivity index (χ1v) is 12.9. The molecule has 31 heavy (non-hydrogen) atoms. The molecule has 5 aliphatic rings. The predicted molar refractivity (Wildman–Crippen MR) is 125 cm³/mol. The fourth-order valence-electron chi connectivity index (χ4n) is 9.56. The Labute approximate surface area is 189 Å². The lowest BCUT2D eigenvalue weighted by Crippen LogP contribution is -2.62. The number of carbonyl (C=O) groups excluding carboxylic acids is 2. The quantitative estimate of drug-likeness (QED) is 0.452. The van der Waals surface area contributed by atoms with Gasteiger partial charge in [-0.3, -0.25) is 9.59 Å². The van der Waals surface area contributed by atoms with E-state index >= 15 is 0 Å². The van der Waals surface area contributed by atoms with Crippen LogP contribution in [0.4, 0.5) is 0 Å². The van der Waals surface area contributed by atoms with E-state index in [1.165, 1.54) is 11.1 Å². The van der Waals surface area contributed by atoms with Gasteiger partial charge in [-0.1, -0.05) is 54.5 Å². The SMILES string of the molecule is CC(C)[C@@H]1CCC2=C1C1=CC[C@@H]3[C@@]4(C)CCC(=O)C(C)(C)[C@@H]4CC[C@@]3(C)[C@]1(C)CC2=O. The van der Waals surface area contributed by atoms with Gasteiger partial charge in [-0.25, -0.2) is 0 Å². The maximum absolute atomic E-state index is 13.5. The first kappa shape index (κ1) is 21.7. The van der Waals surface area contributed by atoms with E-state index in [0.29, 0.717) is 41.7 Å². The van der Waals surface area contributed by atoms with Crippen molar-refractivity contribution in [3.8, 4) is 0 Å². The fourth-order valence-corrected chi connectivity index (χ4v) is 9.56. The summed E-state index contributed by atoms with van der Waals surface area (Å²) in [5, 5.41) is 0. The minimum Gasteiger partial charge on any atom is -0.299 e. The number of carbonyl (C=O) groups is 2. The van der Waals surface area contributed by atoms with Gasteiger partial charge < -0.3 is 0 Å². The highest BCUT2D eigenvalue weighted by Gasteiger charge is 2.67. The van der Waals surface area contributed by atoms with Gasteiger partial charge in [-0.15, -0.1) is 0 Å². The van der Waals surface area contributed by atoms with Crippen LogP contribution in [0.1, 0.15) is 99.8 Å². The third-order valence-electron chi connectivity index (χ3n) is 11.6. The summed E-state index contributed by atoms with van der Waals surface area (Å²) in [5.41, 5.74) is 4.20. The summed E-state index contributed by atoms with van der Waals surface area (Å²) in [4.78, 5) is 26.3. The summed E-state index contributed by atoms with van der Waals surface area (Å²) in [5.74, 6) is 3.04. The van der Waals surface area contributed by atoms with Crippen molar-refractivity contribution < 1.29 is 9.59 Å². The molecule has 0 unspecified atom stereocenters. The van der Waals surface area contributed by atoms with Gasteiger partial charge in [-0.05, 0) is 89.7 Å². The van der Waals surface area contributed by atoms with E-state index < -0.39 is 0 Å². The number of fused-ring (bicyclic) bond motifs is 6. The molecule has 5 aliphatic carbocycles. The number of allylic oxidation sites excluding steroid dienone is 4. The molecule has 0 amide bonds. The average Bonchev–Trinajstić information content (AvgIpc) is 3.12. The van der Waals surface area contributed by atoms with E-state index in [0.717, 1.165) is 44.9 Å². The van der Waals surface area contributed by atoms with Crippen molar-refractivity contribution in [1.29, 1.82) is 0 Å². The normalized spacial score (nSPS) is 46.3. The molecule has 6 atom stereocenters. The van der Waals surface area contributed by atoms with Crippen LogP contribution in [0.15, 0.2) is 22.8 Å². The number of Topliss-reactive ketones (excluding diaryl/α,β-unsaturated/α-hetero) is 2. The average molecular weight is 423 g/mol. The van der Waals surface area contributed by atoms with Crippen molar-refractivity contribution >= 4 is 11.6 Å². The van der Waals surface area contributed by atoms with Gasteiger partial charge in [0.05, 0.1) is 0 Å². The Balaban J connectivity index is 1.64. The zero-order valence-electron chi connectivity index (χ0n) is 20.9. The molecule has 0 radical (unpaired) electrons. The Morgan fingerprint density at radius 3 is 2.32 bits per heavy atom. The Hall–Kier alpha value is -1.18. The minimum absolute atomic E-state index is 0.0666. The Kier molecular flexibility index (Phi) is 4.50. The maximum atomic E-state index is 13.5. The van der Waals surface area contributed by atoms with Crippen LogP contribution in [0.3, 0.4) is 0 Å². The van der Waals surface area contributed by atoms with Crippen LogP contribution in [-0.4, -0.2) is 11.6 Å². The van der Waals surface area contributed by atoms with Gasteiger partial charge in [0.1, 0.15) is 5.78 Å². The van der Waals surface area contributed by atoms with E-state index in [1.54, 1.807) is 5.57 Å². The molecule has 5 rings (SSSR count). The van der Waals surface area contributed by atoms with E-state index in [-0.39, 0.29) is 21.7 Å². The van der Waals surface area contributed by atoms with E-state index in [9.17, 15) is 9.59 Å².